The van der Waals surface area contributed by atoms with E-state index < -0.39 is 0 Å². The largest absolute Gasteiger partial charge is 0.399 e. The molecule has 0 bridgehead atoms. The van der Waals surface area contributed by atoms with Crippen molar-refractivity contribution in [2.24, 2.45) is 5.92 Å². The van der Waals surface area contributed by atoms with Gasteiger partial charge in [0.15, 0.2) is 0 Å². The van der Waals surface area contributed by atoms with E-state index in [1.54, 1.807) is 0 Å². The third kappa shape index (κ3) is 4.19. The van der Waals surface area contributed by atoms with E-state index in [-0.39, 0.29) is 12.4 Å². The zero-order valence-electron chi connectivity index (χ0n) is 10.0. The lowest BCUT2D eigenvalue weighted by Crippen LogP contribution is -2.20. The summed E-state index contributed by atoms with van der Waals surface area (Å²) in [6.07, 6.45) is 2.15. The highest BCUT2D eigenvalue weighted by Crippen LogP contribution is 2.21. The minimum Gasteiger partial charge on any atom is -0.399 e. The Bertz CT molecular complexity index is 346. The van der Waals surface area contributed by atoms with Gasteiger partial charge in [0.05, 0.1) is 0 Å². The van der Waals surface area contributed by atoms with Crippen LogP contribution in [0, 0.1) is 5.92 Å². The summed E-state index contributed by atoms with van der Waals surface area (Å²) in [7, 11) is 0. The Labute approximate surface area is 109 Å². The van der Waals surface area contributed by atoms with Crippen LogP contribution < -0.4 is 5.73 Å². The molecule has 0 spiro atoms. The van der Waals surface area contributed by atoms with E-state index in [0.29, 0.717) is 12.5 Å². The molecule has 0 saturated carbocycles. The van der Waals surface area contributed by atoms with Crippen LogP contribution in [0.5, 0.6) is 0 Å². The molecule has 1 atom stereocenters. The molecule has 0 aromatic heterocycles. The van der Waals surface area contributed by atoms with Crippen molar-refractivity contribution in [3.8, 4) is 0 Å². The Kier molecular flexibility index (Phi) is 5.75. The van der Waals surface area contributed by atoms with E-state index in [1.807, 2.05) is 18.2 Å². The smallest absolute Gasteiger partial charge is 0.0434 e. The van der Waals surface area contributed by atoms with Crippen molar-refractivity contribution in [3.63, 3.8) is 0 Å². The minimum absolute atomic E-state index is 0. The highest BCUT2D eigenvalue weighted by atomic mass is 35.5. The van der Waals surface area contributed by atoms with Crippen molar-refractivity contribution >= 4 is 18.1 Å². The summed E-state index contributed by atoms with van der Waals surface area (Å²) in [5.74, 6) is 0.672. The van der Waals surface area contributed by atoms with Crippen molar-refractivity contribution in [2.45, 2.75) is 19.4 Å². The van der Waals surface area contributed by atoms with Crippen LogP contribution in [0.25, 0.3) is 0 Å². The Hall–Kier alpha value is -0.770. The Balaban J connectivity index is 0.00000144. The SMILES string of the molecule is Cl.Nc1cccc(CN2CCC(CCO)C2)c1. The van der Waals surface area contributed by atoms with Gasteiger partial charge in [-0.2, -0.15) is 0 Å². The first kappa shape index (κ1) is 14.3. The van der Waals surface area contributed by atoms with Crippen LogP contribution in [0.3, 0.4) is 0 Å². The molecule has 1 fully saturated rings. The van der Waals surface area contributed by atoms with Gasteiger partial charge < -0.3 is 10.8 Å². The molecule has 0 aliphatic carbocycles. The summed E-state index contributed by atoms with van der Waals surface area (Å²) in [5.41, 5.74) is 7.88. The number of anilines is 1. The number of benzene rings is 1. The van der Waals surface area contributed by atoms with Crippen molar-refractivity contribution in [1.82, 2.24) is 4.90 Å². The lowest BCUT2D eigenvalue weighted by Gasteiger charge is -2.16. The number of nitrogens with zero attached hydrogens (tertiary/aromatic N) is 1. The van der Waals surface area contributed by atoms with Crippen LogP contribution in [-0.2, 0) is 6.54 Å². The van der Waals surface area contributed by atoms with E-state index >= 15 is 0 Å². The number of hydrogen-bond acceptors (Lipinski definition) is 3. The predicted octanol–water partition coefficient (Wildman–Crippen LogP) is 1.89. The quantitative estimate of drug-likeness (QED) is 0.809. The van der Waals surface area contributed by atoms with Crippen LogP contribution in [0.4, 0.5) is 5.69 Å². The molecule has 0 radical (unpaired) electrons. The second-order valence-electron chi connectivity index (χ2n) is 4.65. The van der Waals surface area contributed by atoms with Crippen molar-refractivity contribution in [3.05, 3.63) is 29.8 Å². The zero-order valence-corrected chi connectivity index (χ0v) is 10.8. The molecule has 4 heteroatoms. The highest BCUT2D eigenvalue weighted by Gasteiger charge is 2.21. The molecule has 96 valence electrons. The van der Waals surface area contributed by atoms with Gasteiger partial charge in [-0.15, -0.1) is 12.4 Å². The van der Waals surface area contributed by atoms with Gasteiger partial charge in [-0.3, -0.25) is 4.90 Å². The first-order valence-electron chi connectivity index (χ1n) is 5.95. The molecular formula is C13H21ClN2O. The number of nitrogens with two attached hydrogens (primary N) is 1. The van der Waals surface area contributed by atoms with Gasteiger partial charge >= 0.3 is 0 Å². The van der Waals surface area contributed by atoms with Gasteiger partial charge in [0.25, 0.3) is 0 Å². The molecule has 17 heavy (non-hydrogen) atoms. The maximum absolute atomic E-state index is 8.90. The fourth-order valence-corrected chi connectivity index (χ4v) is 2.42. The number of aliphatic hydroxyl groups excluding tert-OH is 1. The van der Waals surface area contributed by atoms with Gasteiger partial charge in [-0.1, -0.05) is 12.1 Å². The van der Waals surface area contributed by atoms with Gasteiger partial charge in [0.1, 0.15) is 0 Å². The fraction of sp³-hybridized carbons (Fsp3) is 0.538. The number of rotatable bonds is 4. The highest BCUT2D eigenvalue weighted by molar-refractivity contribution is 5.85. The van der Waals surface area contributed by atoms with Gasteiger partial charge in [-0.25, -0.2) is 0 Å². The second-order valence-corrected chi connectivity index (χ2v) is 4.65. The lowest BCUT2D eigenvalue weighted by atomic mass is 10.1. The number of nitrogen functional groups attached to an aromatic ring is 1. The third-order valence-electron chi connectivity index (χ3n) is 3.26. The van der Waals surface area contributed by atoms with Gasteiger partial charge in [0.2, 0.25) is 0 Å². The summed E-state index contributed by atoms with van der Waals surface area (Å²) < 4.78 is 0. The molecule has 1 unspecified atom stereocenters. The Morgan fingerprint density at radius 1 is 1.41 bits per heavy atom. The molecule has 3 nitrogen and oxygen atoms in total. The number of halogens is 1. The Morgan fingerprint density at radius 3 is 2.94 bits per heavy atom. The maximum atomic E-state index is 8.90. The van der Waals surface area contributed by atoms with Crippen molar-refractivity contribution in [1.29, 1.82) is 0 Å². The summed E-state index contributed by atoms with van der Waals surface area (Å²) in [6.45, 7) is 3.54. The molecule has 3 N–H and O–H groups in total. The van der Waals surface area contributed by atoms with Crippen molar-refractivity contribution < 1.29 is 5.11 Å². The molecule has 0 amide bonds. The molecule has 1 heterocycles. The Morgan fingerprint density at radius 2 is 2.24 bits per heavy atom. The van der Waals surface area contributed by atoms with Crippen LogP contribution in [0.15, 0.2) is 24.3 Å². The van der Waals surface area contributed by atoms with E-state index in [4.69, 9.17) is 10.8 Å². The molecule has 1 saturated heterocycles. The monoisotopic (exact) mass is 256 g/mol. The van der Waals surface area contributed by atoms with Crippen LogP contribution in [-0.4, -0.2) is 29.7 Å². The van der Waals surface area contributed by atoms with E-state index in [9.17, 15) is 0 Å². The average molecular weight is 257 g/mol. The molecule has 1 aromatic rings. The first-order valence-corrected chi connectivity index (χ1v) is 5.95. The van der Waals surface area contributed by atoms with Gasteiger partial charge in [0, 0.05) is 25.4 Å². The van der Waals surface area contributed by atoms with Crippen LogP contribution in [0.1, 0.15) is 18.4 Å². The maximum Gasteiger partial charge on any atom is 0.0434 e. The molecule has 1 aromatic carbocycles. The molecule has 1 aliphatic rings. The number of aliphatic hydroxyl groups is 1. The topological polar surface area (TPSA) is 49.5 Å². The zero-order chi connectivity index (χ0) is 11.4. The van der Waals surface area contributed by atoms with Crippen molar-refractivity contribution in [2.75, 3.05) is 25.4 Å². The molecule has 2 rings (SSSR count). The minimum atomic E-state index is 0. The molecular weight excluding hydrogens is 236 g/mol. The standard InChI is InChI=1S/C13H20N2O.ClH/c14-13-3-1-2-12(8-13)10-15-6-4-11(9-15)5-7-16;/h1-3,8,11,16H,4-7,9-10,14H2;1H. The van der Waals surface area contributed by atoms with Gasteiger partial charge in [-0.05, 0) is 43.0 Å². The number of hydrogen-bond donors (Lipinski definition) is 2. The fourth-order valence-electron chi connectivity index (χ4n) is 2.42. The van der Waals surface area contributed by atoms with E-state index in [0.717, 1.165) is 31.7 Å². The van der Waals surface area contributed by atoms with E-state index in [2.05, 4.69) is 11.0 Å². The van der Waals surface area contributed by atoms with Crippen LogP contribution in [0.2, 0.25) is 0 Å². The van der Waals surface area contributed by atoms with Crippen LogP contribution >= 0.6 is 12.4 Å². The molecule has 1 aliphatic heterocycles. The summed E-state index contributed by atoms with van der Waals surface area (Å²) in [6, 6.07) is 8.09. The lowest BCUT2D eigenvalue weighted by molar-refractivity contribution is 0.249. The second kappa shape index (κ2) is 6.84. The normalized spacial score (nSPS) is 20.2. The average Bonchev–Trinajstić information content (AvgIpc) is 2.66. The predicted molar refractivity (Wildman–Crippen MR) is 73.2 cm³/mol. The third-order valence-corrected chi connectivity index (χ3v) is 3.26. The summed E-state index contributed by atoms with van der Waals surface area (Å²) in [4.78, 5) is 2.44. The first-order chi connectivity index (χ1) is 7.78. The number of likely N-dealkylation sites (tertiary alicyclic amines) is 1. The summed E-state index contributed by atoms with van der Waals surface area (Å²) >= 11 is 0. The summed E-state index contributed by atoms with van der Waals surface area (Å²) in [5, 5.41) is 8.90. The van der Waals surface area contributed by atoms with E-state index in [1.165, 1.54) is 12.0 Å².